The van der Waals surface area contributed by atoms with E-state index in [1.54, 1.807) is 11.0 Å². The molecule has 1 saturated heterocycles. The molecule has 0 atom stereocenters. The van der Waals surface area contributed by atoms with Gasteiger partial charge in [-0.25, -0.2) is 4.79 Å². The van der Waals surface area contributed by atoms with Crippen LogP contribution in [0.5, 0.6) is 17.2 Å². The second-order valence-electron chi connectivity index (χ2n) is 7.00. The summed E-state index contributed by atoms with van der Waals surface area (Å²) in [5, 5.41) is 2.66. The van der Waals surface area contributed by atoms with Gasteiger partial charge in [-0.3, -0.25) is 0 Å². The van der Waals surface area contributed by atoms with Gasteiger partial charge >= 0.3 is 12.4 Å². The van der Waals surface area contributed by atoms with Crippen LogP contribution in [0.15, 0.2) is 48.5 Å². The van der Waals surface area contributed by atoms with Crippen molar-refractivity contribution in [3.8, 4) is 17.2 Å². The molecule has 1 aliphatic rings. The summed E-state index contributed by atoms with van der Waals surface area (Å²) < 4.78 is 53.2. The highest BCUT2D eigenvalue weighted by molar-refractivity contribution is 5.74. The number of para-hydroxylation sites is 3. The van der Waals surface area contributed by atoms with Crippen LogP contribution < -0.4 is 19.5 Å². The molecule has 1 N–H and O–H groups in total. The second-order valence-corrected chi connectivity index (χ2v) is 7.00. The lowest BCUT2D eigenvalue weighted by atomic mass is 10.1. The number of benzene rings is 2. The van der Waals surface area contributed by atoms with Gasteiger partial charge in [-0.15, -0.1) is 13.2 Å². The molecule has 0 unspecified atom stereocenters. The second kappa shape index (κ2) is 10.3. The first-order valence-corrected chi connectivity index (χ1v) is 10.1. The topological polar surface area (TPSA) is 60.0 Å². The minimum atomic E-state index is -4.79. The van der Waals surface area contributed by atoms with Crippen LogP contribution in [0.3, 0.4) is 0 Å². The molecule has 0 aromatic heterocycles. The van der Waals surface area contributed by atoms with Crippen LogP contribution in [0.25, 0.3) is 0 Å². The van der Waals surface area contributed by atoms with Crippen molar-refractivity contribution in [3.63, 3.8) is 0 Å². The molecule has 2 aromatic carbocycles. The molecule has 3 rings (SSSR count). The fourth-order valence-electron chi connectivity index (χ4n) is 3.34. The fraction of sp³-hybridized carbons (Fsp3) is 0.409. The fourth-order valence-corrected chi connectivity index (χ4v) is 3.34. The molecular weight excluding hydrogens is 413 g/mol. The highest BCUT2D eigenvalue weighted by Gasteiger charge is 2.32. The van der Waals surface area contributed by atoms with Crippen molar-refractivity contribution < 1.29 is 32.2 Å². The maximum Gasteiger partial charge on any atom is 0.573 e. The van der Waals surface area contributed by atoms with E-state index >= 15 is 0 Å². The molecular formula is C22H25F3N2O4. The van der Waals surface area contributed by atoms with Crippen LogP contribution in [-0.2, 0) is 6.54 Å². The summed E-state index contributed by atoms with van der Waals surface area (Å²) in [5.74, 6) is 1.04. The van der Waals surface area contributed by atoms with Crippen LogP contribution in [0.2, 0.25) is 0 Å². The highest BCUT2D eigenvalue weighted by atomic mass is 19.4. The Hall–Kier alpha value is -3.10. The molecule has 1 aliphatic heterocycles. The molecule has 6 nitrogen and oxygen atoms in total. The Balaban J connectivity index is 1.49. The van der Waals surface area contributed by atoms with E-state index in [4.69, 9.17) is 9.47 Å². The summed E-state index contributed by atoms with van der Waals surface area (Å²) >= 11 is 0. The summed E-state index contributed by atoms with van der Waals surface area (Å²) in [7, 11) is 0. The Bertz CT molecular complexity index is 868. The molecule has 0 aliphatic carbocycles. The van der Waals surface area contributed by atoms with Crippen molar-refractivity contribution in [2.24, 2.45) is 0 Å². The first kappa shape index (κ1) is 22.6. The Morgan fingerprint density at radius 3 is 2.29 bits per heavy atom. The van der Waals surface area contributed by atoms with E-state index in [1.807, 2.05) is 31.2 Å². The maximum atomic E-state index is 12.5. The zero-order valence-electron chi connectivity index (χ0n) is 17.2. The molecule has 1 fully saturated rings. The molecule has 31 heavy (non-hydrogen) atoms. The van der Waals surface area contributed by atoms with Crippen molar-refractivity contribution in [1.29, 1.82) is 0 Å². The zero-order chi connectivity index (χ0) is 22.3. The smallest absolute Gasteiger partial charge is 0.490 e. The van der Waals surface area contributed by atoms with E-state index in [-0.39, 0.29) is 30.0 Å². The Morgan fingerprint density at radius 1 is 1.03 bits per heavy atom. The predicted octanol–water partition coefficient (Wildman–Crippen LogP) is 4.74. The lowest BCUT2D eigenvalue weighted by molar-refractivity contribution is -0.274. The third-order valence-corrected chi connectivity index (χ3v) is 4.80. The average molecular weight is 438 g/mol. The monoisotopic (exact) mass is 438 g/mol. The van der Waals surface area contributed by atoms with Crippen molar-refractivity contribution in [1.82, 2.24) is 10.2 Å². The van der Waals surface area contributed by atoms with E-state index in [2.05, 4.69) is 10.1 Å². The van der Waals surface area contributed by atoms with Crippen LogP contribution in [0, 0.1) is 0 Å². The third kappa shape index (κ3) is 6.70. The number of likely N-dealkylation sites (tertiary alicyclic amines) is 1. The number of nitrogens with one attached hydrogen (secondary N) is 1. The lowest BCUT2D eigenvalue weighted by Gasteiger charge is -2.32. The first-order valence-electron chi connectivity index (χ1n) is 10.1. The maximum absolute atomic E-state index is 12.5. The molecule has 1 heterocycles. The number of piperidine rings is 1. The summed E-state index contributed by atoms with van der Waals surface area (Å²) in [6, 6.07) is 12.9. The number of carbonyl (C=O) groups is 1. The van der Waals surface area contributed by atoms with Crippen LogP contribution in [0.4, 0.5) is 18.0 Å². The number of nitrogens with zero attached hydrogens (tertiary/aromatic N) is 1. The number of rotatable bonds is 7. The quantitative estimate of drug-likeness (QED) is 0.679. The molecule has 0 saturated carbocycles. The van der Waals surface area contributed by atoms with Gasteiger partial charge in [0.1, 0.15) is 11.9 Å². The Morgan fingerprint density at radius 2 is 1.65 bits per heavy atom. The number of ether oxygens (including phenoxy) is 3. The number of hydrogen-bond donors (Lipinski definition) is 1. The van der Waals surface area contributed by atoms with Gasteiger partial charge in [0.05, 0.1) is 6.61 Å². The SMILES string of the molecule is CCOc1ccccc1OC1CCN(C(=O)NCc2ccccc2OC(F)(F)F)CC1. The minimum absolute atomic E-state index is 0.0495. The molecule has 168 valence electrons. The number of amides is 2. The molecule has 9 heteroatoms. The normalized spacial score (nSPS) is 14.8. The minimum Gasteiger partial charge on any atom is -0.490 e. The Labute approximate surface area is 178 Å². The van der Waals surface area contributed by atoms with Gasteiger partial charge in [-0.05, 0) is 25.1 Å². The van der Waals surface area contributed by atoms with Gasteiger partial charge in [0.15, 0.2) is 11.5 Å². The molecule has 0 bridgehead atoms. The van der Waals surface area contributed by atoms with Gasteiger partial charge < -0.3 is 24.4 Å². The lowest BCUT2D eigenvalue weighted by Crippen LogP contribution is -2.46. The number of hydrogen-bond acceptors (Lipinski definition) is 4. The van der Waals surface area contributed by atoms with E-state index in [9.17, 15) is 18.0 Å². The van der Waals surface area contributed by atoms with E-state index in [1.165, 1.54) is 18.2 Å². The van der Waals surface area contributed by atoms with E-state index in [0.717, 1.165) is 0 Å². The molecule has 0 radical (unpaired) electrons. The summed E-state index contributed by atoms with van der Waals surface area (Å²) in [5.41, 5.74) is 0.249. The predicted molar refractivity (Wildman–Crippen MR) is 108 cm³/mol. The van der Waals surface area contributed by atoms with Gasteiger partial charge in [0.2, 0.25) is 0 Å². The first-order chi connectivity index (χ1) is 14.9. The molecule has 0 spiro atoms. The van der Waals surface area contributed by atoms with Crippen molar-refractivity contribution in [2.75, 3.05) is 19.7 Å². The third-order valence-electron chi connectivity index (χ3n) is 4.80. The standard InChI is InChI=1S/C22H25F3N2O4/c1-2-29-19-9-5-6-10-20(19)30-17-11-13-27(14-12-17)21(28)26-15-16-7-3-4-8-18(16)31-22(23,24)25/h3-10,17H,2,11-15H2,1H3,(H,26,28). The van der Waals surface area contributed by atoms with Crippen LogP contribution >= 0.6 is 0 Å². The summed E-state index contributed by atoms with van der Waals surface area (Å²) in [6.45, 7) is 3.34. The summed E-state index contributed by atoms with van der Waals surface area (Å²) in [4.78, 5) is 14.1. The van der Waals surface area contributed by atoms with Crippen molar-refractivity contribution in [3.05, 3.63) is 54.1 Å². The van der Waals surface area contributed by atoms with Crippen molar-refractivity contribution >= 4 is 6.03 Å². The van der Waals surface area contributed by atoms with Gasteiger partial charge in [0.25, 0.3) is 0 Å². The number of urea groups is 1. The zero-order valence-corrected chi connectivity index (χ0v) is 17.2. The largest absolute Gasteiger partial charge is 0.573 e. The molecule has 2 amide bonds. The average Bonchev–Trinajstić information content (AvgIpc) is 2.74. The van der Waals surface area contributed by atoms with Crippen LogP contribution in [-0.4, -0.2) is 43.1 Å². The van der Waals surface area contributed by atoms with Gasteiger partial charge in [-0.1, -0.05) is 30.3 Å². The van der Waals surface area contributed by atoms with Crippen molar-refractivity contribution in [2.45, 2.75) is 38.8 Å². The van der Waals surface area contributed by atoms with E-state index in [0.29, 0.717) is 44.0 Å². The Kier molecular flexibility index (Phi) is 7.49. The molecule has 2 aromatic rings. The highest BCUT2D eigenvalue weighted by Crippen LogP contribution is 2.29. The van der Waals surface area contributed by atoms with Gasteiger partial charge in [0, 0.05) is 38.0 Å². The number of carbonyl (C=O) groups excluding carboxylic acids is 1. The van der Waals surface area contributed by atoms with E-state index < -0.39 is 6.36 Å². The summed E-state index contributed by atoms with van der Waals surface area (Å²) in [6.07, 6.45) is -3.56. The van der Waals surface area contributed by atoms with Gasteiger partial charge in [-0.2, -0.15) is 0 Å². The number of alkyl halides is 3. The van der Waals surface area contributed by atoms with Crippen LogP contribution in [0.1, 0.15) is 25.3 Å². The number of halogens is 3.